The summed E-state index contributed by atoms with van der Waals surface area (Å²) in [6, 6.07) is 14.9. The summed E-state index contributed by atoms with van der Waals surface area (Å²) in [4.78, 5) is 20.0. The second-order valence-electron chi connectivity index (χ2n) is 5.84. The van der Waals surface area contributed by atoms with E-state index in [9.17, 15) is 4.79 Å². The van der Waals surface area contributed by atoms with Crippen LogP contribution < -0.4 is 10.6 Å². The average Bonchev–Trinajstić information content (AvgIpc) is 3.39. The number of carbonyl (C=O) groups is 1. The maximum absolute atomic E-state index is 10.9. The number of aromatic carboxylic acids is 1. The molecule has 0 bridgehead atoms. The summed E-state index contributed by atoms with van der Waals surface area (Å²) >= 11 is 0. The molecule has 2 aromatic carbocycles. The first-order valence-electron chi connectivity index (χ1n) is 7.83. The molecule has 0 amide bonds. The standard InChI is InChI=1S/C18H16N4O2/c23-17(24)11-5-7-13(8-6-11)20-18-21-15-4-2-1-3-14(15)16(22-18)19-12-9-10-12/h1-8,12H,9-10H2,(H,23,24)(H2,19,20,21,22). The minimum absolute atomic E-state index is 0.246. The zero-order valence-electron chi connectivity index (χ0n) is 12.9. The van der Waals surface area contributed by atoms with Crippen LogP contribution >= 0.6 is 0 Å². The highest BCUT2D eigenvalue weighted by Crippen LogP contribution is 2.29. The maximum Gasteiger partial charge on any atom is 0.335 e. The lowest BCUT2D eigenvalue weighted by Gasteiger charge is -2.11. The number of aromatic nitrogens is 2. The molecule has 24 heavy (non-hydrogen) atoms. The van der Waals surface area contributed by atoms with Crippen LogP contribution in [0.2, 0.25) is 0 Å². The number of hydrogen-bond acceptors (Lipinski definition) is 5. The second-order valence-corrected chi connectivity index (χ2v) is 5.84. The summed E-state index contributed by atoms with van der Waals surface area (Å²) in [6.07, 6.45) is 2.33. The first-order chi connectivity index (χ1) is 11.7. The van der Waals surface area contributed by atoms with Gasteiger partial charge in [-0.2, -0.15) is 4.98 Å². The van der Waals surface area contributed by atoms with Gasteiger partial charge >= 0.3 is 5.97 Å². The van der Waals surface area contributed by atoms with E-state index >= 15 is 0 Å². The van der Waals surface area contributed by atoms with E-state index < -0.39 is 5.97 Å². The molecule has 4 rings (SSSR count). The number of hydrogen-bond donors (Lipinski definition) is 3. The molecule has 1 heterocycles. The predicted octanol–water partition coefficient (Wildman–Crippen LogP) is 3.65. The van der Waals surface area contributed by atoms with Crippen molar-refractivity contribution >= 4 is 34.3 Å². The highest BCUT2D eigenvalue weighted by molar-refractivity contribution is 5.91. The van der Waals surface area contributed by atoms with Crippen LogP contribution in [0.1, 0.15) is 23.2 Å². The topological polar surface area (TPSA) is 87.1 Å². The summed E-state index contributed by atoms with van der Waals surface area (Å²) in [5.41, 5.74) is 1.85. The largest absolute Gasteiger partial charge is 0.478 e. The van der Waals surface area contributed by atoms with Crippen LogP contribution in [0.3, 0.4) is 0 Å². The van der Waals surface area contributed by atoms with Crippen LogP contribution in [0.15, 0.2) is 48.5 Å². The smallest absolute Gasteiger partial charge is 0.335 e. The van der Waals surface area contributed by atoms with Gasteiger partial charge in [0, 0.05) is 17.1 Å². The quantitative estimate of drug-likeness (QED) is 0.665. The maximum atomic E-state index is 10.9. The van der Waals surface area contributed by atoms with Crippen LogP contribution in [0.4, 0.5) is 17.5 Å². The molecule has 0 radical (unpaired) electrons. The highest BCUT2D eigenvalue weighted by Gasteiger charge is 2.22. The Morgan fingerprint density at radius 3 is 2.50 bits per heavy atom. The van der Waals surface area contributed by atoms with E-state index in [0.717, 1.165) is 35.2 Å². The third-order valence-electron chi connectivity index (χ3n) is 3.91. The predicted molar refractivity (Wildman–Crippen MR) is 92.9 cm³/mol. The van der Waals surface area contributed by atoms with E-state index in [1.807, 2.05) is 24.3 Å². The van der Waals surface area contributed by atoms with Crippen LogP contribution in [-0.4, -0.2) is 27.1 Å². The van der Waals surface area contributed by atoms with Crippen molar-refractivity contribution in [2.24, 2.45) is 0 Å². The average molecular weight is 320 g/mol. The number of carboxylic acids is 1. The normalized spacial score (nSPS) is 13.7. The molecule has 1 saturated carbocycles. The van der Waals surface area contributed by atoms with Gasteiger partial charge in [-0.1, -0.05) is 12.1 Å². The van der Waals surface area contributed by atoms with Gasteiger partial charge in [0.15, 0.2) is 0 Å². The summed E-state index contributed by atoms with van der Waals surface area (Å²) in [7, 11) is 0. The zero-order chi connectivity index (χ0) is 16.5. The number of rotatable bonds is 5. The van der Waals surface area contributed by atoms with Crippen LogP contribution in [0, 0.1) is 0 Å². The van der Waals surface area contributed by atoms with Crippen molar-refractivity contribution in [2.75, 3.05) is 10.6 Å². The van der Waals surface area contributed by atoms with E-state index in [0.29, 0.717) is 12.0 Å². The molecular formula is C18H16N4O2. The fourth-order valence-corrected chi connectivity index (χ4v) is 2.49. The Morgan fingerprint density at radius 2 is 1.79 bits per heavy atom. The molecule has 1 aliphatic carbocycles. The monoisotopic (exact) mass is 320 g/mol. The second kappa shape index (κ2) is 5.81. The van der Waals surface area contributed by atoms with Gasteiger partial charge in [0.25, 0.3) is 0 Å². The van der Waals surface area contributed by atoms with Gasteiger partial charge < -0.3 is 15.7 Å². The van der Waals surface area contributed by atoms with Gasteiger partial charge in [-0.3, -0.25) is 0 Å². The van der Waals surface area contributed by atoms with Gasteiger partial charge in [0.1, 0.15) is 5.82 Å². The van der Waals surface area contributed by atoms with Gasteiger partial charge in [0.05, 0.1) is 11.1 Å². The fourth-order valence-electron chi connectivity index (χ4n) is 2.49. The third-order valence-corrected chi connectivity index (χ3v) is 3.91. The lowest BCUT2D eigenvalue weighted by molar-refractivity contribution is 0.0697. The number of benzene rings is 2. The summed E-state index contributed by atoms with van der Waals surface area (Å²) in [6.45, 7) is 0. The van der Waals surface area contributed by atoms with Crippen molar-refractivity contribution in [1.29, 1.82) is 0 Å². The molecule has 3 aromatic rings. The first-order valence-corrected chi connectivity index (χ1v) is 7.83. The number of para-hydroxylation sites is 1. The van der Waals surface area contributed by atoms with Gasteiger partial charge in [-0.25, -0.2) is 9.78 Å². The molecule has 0 saturated heterocycles. The minimum atomic E-state index is -0.945. The summed E-state index contributed by atoms with van der Waals surface area (Å²) in [5, 5.41) is 16.5. The molecule has 3 N–H and O–H groups in total. The molecule has 0 aliphatic heterocycles. The van der Waals surface area contributed by atoms with Crippen molar-refractivity contribution in [3.05, 3.63) is 54.1 Å². The van der Waals surface area contributed by atoms with Crippen molar-refractivity contribution < 1.29 is 9.90 Å². The summed E-state index contributed by atoms with van der Waals surface area (Å²) in [5.74, 6) is 0.368. The summed E-state index contributed by atoms with van der Waals surface area (Å²) < 4.78 is 0. The number of nitrogens with zero attached hydrogens (tertiary/aromatic N) is 2. The number of anilines is 3. The number of carboxylic acid groups (broad SMARTS) is 1. The fraction of sp³-hybridized carbons (Fsp3) is 0.167. The van der Waals surface area contributed by atoms with Gasteiger partial charge in [-0.05, 0) is 49.2 Å². The Morgan fingerprint density at radius 1 is 1.04 bits per heavy atom. The lowest BCUT2D eigenvalue weighted by Crippen LogP contribution is -2.07. The Bertz CT molecular complexity index is 905. The zero-order valence-corrected chi connectivity index (χ0v) is 12.9. The molecule has 1 fully saturated rings. The molecule has 0 atom stereocenters. The number of fused-ring (bicyclic) bond motifs is 1. The SMILES string of the molecule is O=C(O)c1ccc(Nc2nc(NC3CC3)c3ccccc3n2)cc1. The molecule has 0 spiro atoms. The van der Waals surface area contributed by atoms with Crippen LogP contribution in [-0.2, 0) is 0 Å². The van der Waals surface area contributed by atoms with Gasteiger partial charge in [0.2, 0.25) is 5.95 Å². The van der Waals surface area contributed by atoms with E-state index in [1.54, 1.807) is 24.3 Å². The molecule has 0 unspecified atom stereocenters. The van der Waals surface area contributed by atoms with Crippen LogP contribution in [0.25, 0.3) is 10.9 Å². The van der Waals surface area contributed by atoms with Crippen molar-refractivity contribution in [1.82, 2.24) is 9.97 Å². The van der Waals surface area contributed by atoms with Crippen molar-refractivity contribution in [3.63, 3.8) is 0 Å². The Hall–Kier alpha value is -3.15. The van der Waals surface area contributed by atoms with E-state index in [4.69, 9.17) is 5.11 Å². The van der Waals surface area contributed by atoms with E-state index in [1.165, 1.54) is 0 Å². The molecule has 1 aromatic heterocycles. The lowest BCUT2D eigenvalue weighted by atomic mass is 10.2. The Labute approximate surface area is 138 Å². The molecule has 6 nitrogen and oxygen atoms in total. The van der Waals surface area contributed by atoms with Crippen molar-refractivity contribution in [3.8, 4) is 0 Å². The number of nitrogens with one attached hydrogen (secondary N) is 2. The van der Waals surface area contributed by atoms with E-state index in [-0.39, 0.29) is 5.56 Å². The third kappa shape index (κ3) is 2.99. The van der Waals surface area contributed by atoms with Crippen molar-refractivity contribution in [2.45, 2.75) is 18.9 Å². The molecule has 1 aliphatic rings. The van der Waals surface area contributed by atoms with Gasteiger partial charge in [-0.15, -0.1) is 0 Å². The Kier molecular flexibility index (Phi) is 3.49. The van der Waals surface area contributed by atoms with E-state index in [2.05, 4.69) is 20.6 Å². The highest BCUT2D eigenvalue weighted by atomic mass is 16.4. The molecule has 6 heteroatoms. The first kappa shape index (κ1) is 14.4. The van der Waals surface area contributed by atoms with Crippen LogP contribution in [0.5, 0.6) is 0 Å². The molecule has 120 valence electrons. The molecular weight excluding hydrogens is 304 g/mol. The Balaban J connectivity index is 1.66. The minimum Gasteiger partial charge on any atom is -0.478 e.